The van der Waals surface area contributed by atoms with Gasteiger partial charge in [0.25, 0.3) is 5.91 Å². The number of aliphatic hydroxyl groups excluding tert-OH is 1. The summed E-state index contributed by atoms with van der Waals surface area (Å²) in [6, 6.07) is 2.09. The van der Waals surface area contributed by atoms with Gasteiger partial charge in [0.1, 0.15) is 5.70 Å². The normalized spacial score (nSPS) is 27.5. The van der Waals surface area contributed by atoms with E-state index in [-0.39, 0.29) is 46.7 Å². The summed E-state index contributed by atoms with van der Waals surface area (Å²) in [6.07, 6.45) is 0.807. The molecule has 1 aromatic rings. The molecule has 4 rings (SSSR count). The van der Waals surface area contributed by atoms with E-state index < -0.39 is 35.4 Å². The van der Waals surface area contributed by atoms with Gasteiger partial charge in [-0.3, -0.25) is 14.5 Å². The first kappa shape index (κ1) is 24.3. The maximum absolute atomic E-state index is 12.6. The summed E-state index contributed by atoms with van der Waals surface area (Å²) < 4.78 is 0. The molecule has 1 aromatic carbocycles. The average molecular weight is 494 g/mol. The number of carbonyl (C=O) groups excluding carboxylic acids is 2. The monoisotopic (exact) mass is 493 g/mol. The molecule has 0 radical (unpaired) electrons. The summed E-state index contributed by atoms with van der Waals surface area (Å²) in [4.78, 5) is 40.6. The van der Waals surface area contributed by atoms with Crippen molar-refractivity contribution in [1.29, 1.82) is 0 Å². The van der Waals surface area contributed by atoms with Crippen molar-refractivity contribution < 1.29 is 34.8 Å². The third-order valence-corrected chi connectivity index (χ3v) is 7.61. The van der Waals surface area contributed by atoms with Gasteiger partial charge in [-0.05, 0) is 44.0 Å². The Morgan fingerprint density at radius 1 is 1.29 bits per heavy atom. The molecule has 184 valence electrons. The molecule has 0 aromatic heterocycles. The van der Waals surface area contributed by atoms with Crippen LogP contribution in [0.25, 0.3) is 0 Å². The number of carboxylic acid groups (broad SMARTS) is 1. The molecule has 0 bridgehead atoms. The Labute approximate surface area is 201 Å². The lowest BCUT2D eigenvalue weighted by molar-refractivity contribution is -0.163. The van der Waals surface area contributed by atoms with E-state index in [1.54, 1.807) is 6.92 Å². The zero-order chi connectivity index (χ0) is 24.9. The van der Waals surface area contributed by atoms with E-state index in [0.29, 0.717) is 18.7 Å². The fourth-order valence-corrected chi connectivity index (χ4v) is 5.69. The van der Waals surface area contributed by atoms with Crippen LogP contribution in [0.4, 0.5) is 0 Å². The van der Waals surface area contributed by atoms with Gasteiger partial charge in [-0.2, -0.15) is 0 Å². The van der Waals surface area contributed by atoms with E-state index in [9.17, 15) is 34.8 Å². The maximum atomic E-state index is 12.6. The van der Waals surface area contributed by atoms with Crippen LogP contribution in [0.15, 0.2) is 23.4 Å². The average Bonchev–Trinajstić information content (AvgIpc) is 3.31. The Kier molecular flexibility index (Phi) is 6.50. The Morgan fingerprint density at radius 3 is 2.65 bits per heavy atom. The number of halogens is 1. The summed E-state index contributed by atoms with van der Waals surface area (Å²) in [7, 11) is 0. The minimum atomic E-state index is -1.16. The van der Waals surface area contributed by atoms with Crippen LogP contribution in [0.5, 0.6) is 11.5 Å². The zero-order valence-electron chi connectivity index (χ0n) is 18.9. The van der Waals surface area contributed by atoms with Crippen molar-refractivity contribution in [1.82, 2.24) is 15.1 Å². The third kappa shape index (κ3) is 3.89. The van der Waals surface area contributed by atoms with Gasteiger partial charge >= 0.3 is 5.97 Å². The molecule has 2 amide bonds. The van der Waals surface area contributed by atoms with Crippen molar-refractivity contribution in [2.75, 3.05) is 19.6 Å². The molecule has 0 saturated carbocycles. The molecule has 0 aliphatic carbocycles. The number of likely N-dealkylation sites (tertiary alicyclic amines) is 1. The highest BCUT2D eigenvalue weighted by Gasteiger charge is 2.59. The molecule has 2 fully saturated rings. The number of amides is 2. The summed E-state index contributed by atoms with van der Waals surface area (Å²) >= 11 is 5.98. The molecule has 0 spiro atoms. The molecule has 5 atom stereocenters. The predicted molar refractivity (Wildman–Crippen MR) is 121 cm³/mol. The van der Waals surface area contributed by atoms with Crippen molar-refractivity contribution in [2.45, 2.75) is 44.9 Å². The molecule has 10 nitrogen and oxygen atoms in total. The summed E-state index contributed by atoms with van der Waals surface area (Å²) in [5.41, 5.74) is 0.688. The lowest BCUT2D eigenvalue weighted by Crippen LogP contribution is -2.63. The van der Waals surface area contributed by atoms with Crippen molar-refractivity contribution in [3.63, 3.8) is 0 Å². The van der Waals surface area contributed by atoms with Crippen LogP contribution in [0.3, 0.4) is 0 Å². The molecule has 2 saturated heterocycles. The first-order chi connectivity index (χ1) is 16.0. The van der Waals surface area contributed by atoms with Gasteiger partial charge < -0.3 is 30.6 Å². The molecule has 0 unspecified atom stereocenters. The van der Waals surface area contributed by atoms with E-state index in [0.717, 1.165) is 12.8 Å². The van der Waals surface area contributed by atoms with Crippen molar-refractivity contribution in [3.8, 4) is 11.5 Å². The van der Waals surface area contributed by atoms with E-state index in [1.807, 2.05) is 6.92 Å². The van der Waals surface area contributed by atoms with E-state index in [4.69, 9.17) is 11.6 Å². The Balaban J connectivity index is 1.47. The number of aromatic hydroxyl groups is 2. The van der Waals surface area contributed by atoms with Crippen LogP contribution in [0.1, 0.15) is 37.0 Å². The highest BCUT2D eigenvalue weighted by atomic mass is 35.5. The van der Waals surface area contributed by atoms with Crippen molar-refractivity contribution in [3.05, 3.63) is 34.0 Å². The SMILES string of the molecule is C[C@@H](O)[C@H]1C(=O)N2C(C(=O)O)=C(CN3CCC[C@@H]3CNC(=O)c3ccc(O)c(O)c3Cl)[C@H](C)[C@H]12. The van der Waals surface area contributed by atoms with Gasteiger partial charge in [-0.25, -0.2) is 4.79 Å². The van der Waals surface area contributed by atoms with Crippen LogP contribution < -0.4 is 5.32 Å². The van der Waals surface area contributed by atoms with Crippen LogP contribution in [-0.4, -0.2) is 85.8 Å². The molecule has 3 aliphatic rings. The zero-order valence-corrected chi connectivity index (χ0v) is 19.6. The Bertz CT molecular complexity index is 1070. The molecule has 11 heteroatoms. The smallest absolute Gasteiger partial charge is 0.352 e. The van der Waals surface area contributed by atoms with Gasteiger partial charge in [0.05, 0.1) is 28.6 Å². The second-order valence-corrected chi connectivity index (χ2v) is 9.58. The fourth-order valence-electron chi connectivity index (χ4n) is 5.44. The van der Waals surface area contributed by atoms with E-state index in [2.05, 4.69) is 10.2 Å². The number of phenols is 2. The number of phenolic OH excluding ortho intramolecular Hbond substituents is 2. The van der Waals surface area contributed by atoms with Crippen molar-refractivity contribution >= 4 is 29.4 Å². The topological polar surface area (TPSA) is 151 Å². The van der Waals surface area contributed by atoms with Gasteiger partial charge in [0, 0.05) is 25.0 Å². The largest absolute Gasteiger partial charge is 0.504 e. The van der Waals surface area contributed by atoms with Gasteiger partial charge in [0.15, 0.2) is 11.5 Å². The molecule has 5 N–H and O–H groups in total. The van der Waals surface area contributed by atoms with Crippen LogP contribution in [0.2, 0.25) is 5.02 Å². The third-order valence-electron chi connectivity index (χ3n) is 7.23. The second-order valence-electron chi connectivity index (χ2n) is 9.20. The number of β-lactam (4-membered cyclic amide) rings is 1. The number of nitrogens with zero attached hydrogens (tertiary/aromatic N) is 2. The quantitative estimate of drug-likeness (QED) is 0.280. The predicted octanol–water partition coefficient (Wildman–Crippen LogP) is 1.14. The fraction of sp³-hybridized carbons (Fsp3) is 0.522. The molecular weight excluding hydrogens is 466 g/mol. The van der Waals surface area contributed by atoms with Crippen molar-refractivity contribution in [2.24, 2.45) is 11.8 Å². The highest BCUT2D eigenvalue weighted by molar-refractivity contribution is 6.35. The second kappa shape index (κ2) is 9.09. The number of carboxylic acids is 1. The summed E-state index contributed by atoms with van der Waals surface area (Å²) in [5, 5.41) is 41.7. The number of carbonyl (C=O) groups is 3. The first-order valence-electron chi connectivity index (χ1n) is 11.2. The van der Waals surface area contributed by atoms with Crippen LogP contribution >= 0.6 is 11.6 Å². The first-order valence-corrected chi connectivity index (χ1v) is 11.6. The van der Waals surface area contributed by atoms with Crippen LogP contribution in [-0.2, 0) is 9.59 Å². The lowest BCUT2D eigenvalue weighted by atomic mass is 9.77. The standard InChI is InChI=1S/C23H28ClN3O7/c1-10-14(19(23(33)34)27-18(10)16(11(2)28)22(27)32)9-26-7-3-4-12(26)8-25-21(31)13-5-6-15(29)20(30)17(13)24/h5-6,10-12,16,18,28-30H,3-4,7-9H2,1-2H3,(H,25,31)(H,33,34)/t10-,11+,12+,16+,18+/m0/s1. The highest BCUT2D eigenvalue weighted by Crippen LogP contribution is 2.47. The number of rotatable bonds is 7. The molecule has 3 aliphatic heterocycles. The number of hydrogen-bond acceptors (Lipinski definition) is 7. The Morgan fingerprint density at radius 2 is 2.00 bits per heavy atom. The van der Waals surface area contributed by atoms with E-state index in [1.165, 1.54) is 17.0 Å². The lowest BCUT2D eigenvalue weighted by Gasteiger charge is -2.46. The molecule has 3 heterocycles. The van der Waals surface area contributed by atoms with Gasteiger partial charge in [0.2, 0.25) is 5.91 Å². The van der Waals surface area contributed by atoms with E-state index >= 15 is 0 Å². The number of benzene rings is 1. The van der Waals surface area contributed by atoms with Gasteiger partial charge in [-0.1, -0.05) is 18.5 Å². The minimum absolute atomic E-state index is 0.000404. The molecule has 34 heavy (non-hydrogen) atoms. The number of nitrogens with one attached hydrogen (secondary N) is 1. The maximum Gasteiger partial charge on any atom is 0.352 e. The number of fused-ring (bicyclic) bond motifs is 1. The summed E-state index contributed by atoms with van der Waals surface area (Å²) in [6.45, 7) is 4.77. The summed E-state index contributed by atoms with van der Waals surface area (Å²) in [5.74, 6) is -3.82. The van der Waals surface area contributed by atoms with Gasteiger partial charge in [-0.15, -0.1) is 0 Å². The number of aliphatic carboxylic acids is 1. The minimum Gasteiger partial charge on any atom is -0.504 e. The van der Waals surface area contributed by atoms with Crippen LogP contribution in [0, 0.1) is 11.8 Å². The number of aliphatic hydroxyl groups is 1. The Hall–Kier alpha value is -2.82. The molecular formula is C23H28ClN3O7. The number of hydrogen-bond donors (Lipinski definition) is 5.